The average Bonchev–Trinajstić information content (AvgIpc) is 2.72. The van der Waals surface area contributed by atoms with Crippen LogP contribution >= 0.6 is 0 Å². The zero-order valence-electron chi connectivity index (χ0n) is 10.1. The number of hydrogen-bond donors (Lipinski definition) is 1. The van der Waals surface area contributed by atoms with Crippen LogP contribution in [0.5, 0.6) is 5.75 Å². The van der Waals surface area contributed by atoms with Gasteiger partial charge in [0.25, 0.3) is 5.91 Å². The van der Waals surface area contributed by atoms with Crippen molar-refractivity contribution < 1.29 is 14.4 Å². The summed E-state index contributed by atoms with van der Waals surface area (Å²) in [7, 11) is 0. The predicted molar refractivity (Wildman–Crippen MR) is 63.6 cm³/mol. The molecule has 0 aliphatic carbocycles. The molecule has 1 aromatic rings. The van der Waals surface area contributed by atoms with Crippen molar-refractivity contribution in [2.24, 2.45) is 5.92 Å². The Labute approximate surface area is 101 Å². The predicted octanol–water partition coefficient (Wildman–Crippen LogP) is 1.87. The van der Waals surface area contributed by atoms with Gasteiger partial charge >= 0.3 is 0 Å². The molecule has 1 amide bonds. The lowest BCUT2D eigenvalue weighted by atomic mass is 10.0. The molecule has 0 aromatic heterocycles. The van der Waals surface area contributed by atoms with Gasteiger partial charge in [-0.15, -0.1) is 0 Å². The number of carbonyl (C=O) groups is 1. The zero-order chi connectivity index (χ0) is 12.3. The Morgan fingerprint density at radius 1 is 1.53 bits per heavy atom. The maximum atomic E-state index is 11.9. The van der Waals surface area contributed by atoms with Crippen molar-refractivity contribution >= 4 is 5.91 Å². The lowest BCUT2D eigenvalue weighted by Crippen LogP contribution is -2.31. The van der Waals surface area contributed by atoms with Gasteiger partial charge in [0, 0.05) is 5.56 Å². The lowest BCUT2D eigenvalue weighted by molar-refractivity contribution is -0.136. The number of amides is 1. The highest BCUT2D eigenvalue weighted by molar-refractivity contribution is 5.84. The SMILES string of the molecule is CC(C)CONC(=O)C1COc2ccccc21. The largest absolute Gasteiger partial charge is 0.492 e. The van der Waals surface area contributed by atoms with E-state index in [1.54, 1.807) is 0 Å². The minimum absolute atomic E-state index is 0.143. The van der Waals surface area contributed by atoms with Crippen molar-refractivity contribution in [1.29, 1.82) is 0 Å². The van der Waals surface area contributed by atoms with Crippen LogP contribution in [0.1, 0.15) is 25.3 Å². The summed E-state index contributed by atoms with van der Waals surface area (Å²) >= 11 is 0. The van der Waals surface area contributed by atoms with Crippen LogP contribution in [0.2, 0.25) is 0 Å². The van der Waals surface area contributed by atoms with E-state index in [2.05, 4.69) is 5.48 Å². The first-order chi connectivity index (χ1) is 8.18. The van der Waals surface area contributed by atoms with E-state index in [1.165, 1.54) is 0 Å². The van der Waals surface area contributed by atoms with E-state index < -0.39 is 0 Å². The van der Waals surface area contributed by atoms with Crippen LogP contribution in [-0.4, -0.2) is 19.1 Å². The molecule has 1 atom stereocenters. The molecule has 4 nitrogen and oxygen atoms in total. The quantitative estimate of drug-likeness (QED) is 0.810. The van der Waals surface area contributed by atoms with Gasteiger partial charge in [0.05, 0.1) is 6.61 Å². The topological polar surface area (TPSA) is 47.6 Å². The minimum atomic E-state index is -0.265. The number of nitrogens with one attached hydrogen (secondary N) is 1. The highest BCUT2D eigenvalue weighted by atomic mass is 16.7. The summed E-state index contributed by atoms with van der Waals surface area (Å²) in [6.07, 6.45) is 0. The standard InChI is InChI=1S/C13H17NO3/c1-9(2)7-17-14-13(15)11-8-16-12-6-4-3-5-10(11)12/h3-6,9,11H,7-8H2,1-2H3,(H,14,15). The maximum Gasteiger partial charge on any atom is 0.254 e. The number of rotatable bonds is 4. The van der Waals surface area contributed by atoms with E-state index in [0.29, 0.717) is 19.1 Å². The molecular weight excluding hydrogens is 218 g/mol. The number of carbonyl (C=O) groups excluding carboxylic acids is 1. The number of hydrogen-bond acceptors (Lipinski definition) is 3. The molecule has 92 valence electrons. The van der Waals surface area contributed by atoms with Gasteiger partial charge in [-0.3, -0.25) is 9.63 Å². The summed E-state index contributed by atoms with van der Waals surface area (Å²) < 4.78 is 5.44. The molecule has 0 saturated carbocycles. The molecule has 0 fully saturated rings. The van der Waals surface area contributed by atoms with Crippen molar-refractivity contribution in [3.05, 3.63) is 29.8 Å². The van der Waals surface area contributed by atoms with Gasteiger partial charge in [0.1, 0.15) is 18.3 Å². The van der Waals surface area contributed by atoms with E-state index in [1.807, 2.05) is 38.1 Å². The molecule has 1 heterocycles. The van der Waals surface area contributed by atoms with Crippen LogP contribution in [0.4, 0.5) is 0 Å². The van der Waals surface area contributed by atoms with Crippen LogP contribution in [0.25, 0.3) is 0 Å². The third-order valence-corrected chi connectivity index (χ3v) is 2.61. The fourth-order valence-corrected chi connectivity index (χ4v) is 1.73. The van der Waals surface area contributed by atoms with Crippen molar-refractivity contribution in [3.63, 3.8) is 0 Å². The van der Waals surface area contributed by atoms with Gasteiger partial charge in [-0.2, -0.15) is 0 Å². The monoisotopic (exact) mass is 235 g/mol. The highest BCUT2D eigenvalue weighted by Gasteiger charge is 2.30. The van der Waals surface area contributed by atoms with E-state index in [0.717, 1.165) is 11.3 Å². The van der Waals surface area contributed by atoms with Gasteiger partial charge in [0.2, 0.25) is 0 Å². The average molecular weight is 235 g/mol. The summed E-state index contributed by atoms with van der Waals surface area (Å²) in [6, 6.07) is 7.59. The highest BCUT2D eigenvalue weighted by Crippen LogP contribution is 2.33. The Morgan fingerprint density at radius 3 is 3.06 bits per heavy atom. The first kappa shape index (κ1) is 11.9. The Kier molecular flexibility index (Phi) is 3.64. The zero-order valence-corrected chi connectivity index (χ0v) is 10.1. The van der Waals surface area contributed by atoms with Gasteiger partial charge < -0.3 is 4.74 Å². The number of fused-ring (bicyclic) bond motifs is 1. The van der Waals surface area contributed by atoms with Gasteiger partial charge in [-0.05, 0) is 12.0 Å². The Hall–Kier alpha value is -1.55. The van der Waals surface area contributed by atoms with Gasteiger partial charge in [-0.25, -0.2) is 5.48 Å². The third kappa shape index (κ3) is 2.77. The second kappa shape index (κ2) is 5.19. The van der Waals surface area contributed by atoms with Crippen molar-refractivity contribution in [1.82, 2.24) is 5.48 Å². The summed E-state index contributed by atoms with van der Waals surface area (Å²) in [4.78, 5) is 17.0. The molecule has 1 aliphatic rings. The normalized spacial score (nSPS) is 17.7. The first-order valence-electron chi connectivity index (χ1n) is 5.82. The smallest absolute Gasteiger partial charge is 0.254 e. The molecule has 0 bridgehead atoms. The van der Waals surface area contributed by atoms with Crippen molar-refractivity contribution in [2.45, 2.75) is 19.8 Å². The summed E-state index contributed by atoms with van der Waals surface area (Å²) in [5.74, 6) is 0.771. The van der Waals surface area contributed by atoms with Gasteiger partial charge in [0.15, 0.2) is 0 Å². The Bertz CT molecular complexity index is 403. The van der Waals surface area contributed by atoms with Crippen LogP contribution in [0, 0.1) is 5.92 Å². The Balaban J connectivity index is 1.93. The van der Waals surface area contributed by atoms with E-state index in [9.17, 15) is 4.79 Å². The van der Waals surface area contributed by atoms with Crippen LogP contribution in [-0.2, 0) is 9.63 Å². The van der Waals surface area contributed by atoms with E-state index in [-0.39, 0.29) is 11.8 Å². The number of para-hydroxylation sites is 1. The van der Waals surface area contributed by atoms with Gasteiger partial charge in [-0.1, -0.05) is 32.0 Å². The fraction of sp³-hybridized carbons (Fsp3) is 0.462. The molecule has 1 N–H and O–H groups in total. The third-order valence-electron chi connectivity index (χ3n) is 2.61. The molecule has 0 saturated heterocycles. The molecule has 0 radical (unpaired) electrons. The molecule has 0 spiro atoms. The van der Waals surface area contributed by atoms with Crippen LogP contribution < -0.4 is 10.2 Å². The second-order valence-corrected chi connectivity index (χ2v) is 4.57. The number of benzene rings is 1. The maximum absolute atomic E-state index is 11.9. The molecule has 1 unspecified atom stereocenters. The van der Waals surface area contributed by atoms with Crippen LogP contribution in [0.3, 0.4) is 0 Å². The first-order valence-corrected chi connectivity index (χ1v) is 5.82. The summed E-state index contributed by atoms with van der Waals surface area (Å²) in [6.45, 7) is 4.96. The van der Waals surface area contributed by atoms with Crippen molar-refractivity contribution in [2.75, 3.05) is 13.2 Å². The molecule has 17 heavy (non-hydrogen) atoms. The Morgan fingerprint density at radius 2 is 2.29 bits per heavy atom. The second-order valence-electron chi connectivity index (χ2n) is 4.57. The minimum Gasteiger partial charge on any atom is -0.492 e. The van der Waals surface area contributed by atoms with Crippen LogP contribution in [0.15, 0.2) is 24.3 Å². The van der Waals surface area contributed by atoms with Crippen molar-refractivity contribution in [3.8, 4) is 5.75 Å². The molecule has 2 rings (SSSR count). The summed E-state index contributed by atoms with van der Waals surface area (Å²) in [5, 5.41) is 0. The van der Waals surface area contributed by atoms with E-state index in [4.69, 9.17) is 9.57 Å². The lowest BCUT2D eigenvalue weighted by Gasteiger charge is -2.11. The number of ether oxygens (including phenoxy) is 1. The molecule has 4 heteroatoms. The summed E-state index contributed by atoms with van der Waals surface area (Å²) in [5.41, 5.74) is 3.41. The fourth-order valence-electron chi connectivity index (χ4n) is 1.73. The molecular formula is C13H17NO3. The molecule has 1 aliphatic heterocycles. The van der Waals surface area contributed by atoms with E-state index >= 15 is 0 Å². The molecule has 1 aromatic carbocycles. The number of hydroxylamine groups is 1.